The third-order valence-electron chi connectivity index (χ3n) is 7.94. The third kappa shape index (κ3) is 10.1. The van der Waals surface area contributed by atoms with Gasteiger partial charge in [0.05, 0.1) is 12.3 Å². The van der Waals surface area contributed by atoms with E-state index in [4.69, 9.17) is 21.2 Å². The number of aromatic nitrogens is 2. The molecule has 0 saturated carbocycles. The van der Waals surface area contributed by atoms with Crippen molar-refractivity contribution in [2.45, 2.75) is 40.7 Å². The number of fused-ring (bicyclic) bond motifs is 1. The zero-order valence-electron chi connectivity index (χ0n) is 29.7. The van der Waals surface area contributed by atoms with Crippen LogP contribution in [0.5, 0.6) is 0 Å². The van der Waals surface area contributed by atoms with Gasteiger partial charge >= 0.3 is 27.6 Å². The normalized spacial score (nSPS) is 16.9. The summed E-state index contributed by atoms with van der Waals surface area (Å²) in [7, 11) is -5.81. The second-order valence-corrected chi connectivity index (χ2v) is 18.4. The van der Waals surface area contributed by atoms with Crippen molar-refractivity contribution in [3.05, 3.63) is 103 Å². The van der Waals surface area contributed by atoms with Crippen LogP contribution in [0.15, 0.2) is 86.1 Å². The van der Waals surface area contributed by atoms with Gasteiger partial charge in [-0.2, -0.15) is 21.6 Å². The maximum Gasteiger partial charge on any atom is 0.523 e. The average Bonchev–Trinajstić information content (AvgIpc) is 3.80. The van der Waals surface area contributed by atoms with E-state index in [1.165, 1.54) is 17.1 Å². The summed E-state index contributed by atoms with van der Waals surface area (Å²) in [5.41, 5.74) is -5.15. The Kier molecular flexibility index (Phi) is 13.8. The molecule has 2 aliphatic heterocycles. The Labute approximate surface area is 353 Å². The van der Waals surface area contributed by atoms with E-state index >= 15 is 0 Å². The van der Waals surface area contributed by atoms with Crippen LogP contribution in [0.3, 0.4) is 0 Å². The van der Waals surface area contributed by atoms with Crippen molar-refractivity contribution in [2.24, 2.45) is 5.16 Å². The highest BCUT2D eigenvalue weighted by molar-refractivity contribution is 8.07. The van der Waals surface area contributed by atoms with Gasteiger partial charge in [-0.3, -0.25) is 23.5 Å². The molecule has 0 spiro atoms. The highest BCUT2D eigenvalue weighted by atomic mass is 35.5. The van der Waals surface area contributed by atoms with Gasteiger partial charge in [0.2, 0.25) is 6.41 Å². The van der Waals surface area contributed by atoms with Crippen LogP contribution in [-0.4, -0.2) is 88.4 Å². The Bertz CT molecular complexity index is 2390. The number of benzene rings is 2. The molecular formula is C34H26ClF3N6O10S5. The SMILES string of the molecule is CC(=O)O/N=C(\C(=O)N[C@@H]1C(=O)N2C(C(=O)OC(c3ccccc3)c3ccccc3)=C(Sc3nc(CCOS(=O)(=O)C(F)(F)F)cs3)CS[C@H]12)c1nc(NC=O)sc1Cl. The molecule has 0 unspecified atom stereocenters. The monoisotopic (exact) mass is 930 g/mol. The number of carbonyl (C=O) groups excluding carboxylic acids is 5. The summed E-state index contributed by atoms with van der Waals surface area (Å²) in [4.78, 5) is 79.2. The van der Waals surface area contributed by atoms with Crippen LogP contribution in [0, 0.1) is 0 Å². The number of amides is 3. The zero-order valence-corrected chi connectivity index (χ0v) is 34.5. The van der Waals surface area contributed by atoms with E-state index in [-0.39, 0.29) is 38.7 Å². The second kappa shape index (κ2) is 18.6. The lowest BCUT2D eigenvalue weighted by Gasteiger charge is -2.49. The number of hydrogen-bond acceptors (Lipinski definition) is 17. The first kappa shape index (κ1) is 43.7. The Morgan fingerprint density at radius 1 is 1.10 bits per heavy atom. The van der Waals surface area contributed by atoms with Gasteiger partial charge < -0.3 is 20.2 Å². The summed E-state index contributed by atoms with van der Waals surface area (Å²) in [5, 5.41) is 9.02. The molecule has 2 N–H and O–H groups in total. The van der Waals surface area contributed by atoms with Crippen molar-refractivity contribution in [1.82, 2.24) is 20.2 Å². The van der Waals surface area contributed by atoms with E-state index in [2.05, 4.69) is 29.9 Å². The van der Waals surface area contributed by atoms with E-state index in [1.807, 2.05) is 0 Å². The smallest absolute Gasteiger partial charge is 0.448 e. The maximum absolute atomic E-state index is 14.4. The summed E-state index contributed by atoms with van der Waals surface area (Å²) >= 11 is 10.3. The van der Waals surface area contributed by atoms with Crippen LogP contribution in [0.4, 0.5) is 18.3 Å². The molecule has 6 rings (SSSR count). The number of nitrogens with one attached hydrogen (secondary N) is 2. The van der Waals surface area contributed by atoms with Gasteiger partial charge in [0, 0.05) is 29.4 Å². The first-order valence-electron chi connectivity index (χ1n) is 16.6. The number of alkyl halides is 3. The molecule has 2 aromatic heterocycles. The fourth-order valence-corrected chi connectivity index (χ4v) is 10.3. The lowest BCUT2D eigenvalue weighted by Crippen LogP contribution is -2.71. The standard InChI is InChI=1S/C34H26ClF3N6O10S5/c1-17(46)54-43-23(22-27(35)58-32(42-22)39-16-45)28(47)41-24-29(48)44-25(31(49)53-26(18-8-4-2-5-9-18)19-10-6-3-7-11-19)21(15-55-30(24)44)57-33-40-20(14-56-33)12-13-52-59(50,51)34(36,37)38/h2-11,14,16,24,26,30H,12-13,15H2,1H3,(H,41,47)(H,39,42,45)/b43-23-/t24-,30-/m1/s1. The number of β-lactam (4-membered cyclic amide) rings is 1. The average molecular weight is 931 g/mol. The van der Waals surface area contributed by atoms with Gasteiger partial charge in [0.1, 0.15) is 27.1 Å². The first-order chi connectivity index (χ1) is 28.1. The van der Waals surface area contributed by atoms with Gasteiger partial charge in [-0.1, -0.05) is 101 Å². The van der Waals surface area contributed by atoms with Crippen LogP contribution in [-0.2, 0) is 54.3 Å². The van der Waals surface area contributed by atoms with Crippen molar-refractivity contribution in [3.63, 3.8) is 0 Å². The number of anilines is 1. The molecule has 3 amide bonds. The summed E-state index contributed by atoms with van der Waals surface area (Å²) in [5.74, 6) is -3.49. The molecule has 1 fully saturated rings. The fraction of sp³-hybridized carbons (Fsp3) is 0.235. The number of esters is 1. The Hall–Kier alpha value is -4.85. The minimum absolute atomic E-state index is 0.00484. The van der Waals surface area contributed by atoms with E-state index in [1.54, 1.807) is 60.7 Å². The molecule has 2 atom stereocenters. The first-order valence-corrected chi connectivity index (χ1v) is 21.9. The van der Waals surface area contributed by atoms with Crippen LogP contribution >= 0.6 is 57.8 Å². The Morgan fingerprint density at radius 3 is 2.37 bits per heavy atom. The number of halogens is 4. The molecule has 4 heterocycles. The minimum Gasteiger partial charge on any atom is -0.448 e. The molecule has 2 aromatic carbocycles. The number of oxime groups is 1. The summed E-state index contributed by atoms with van der Waals surface area (Å²) in [6, 6.07) is 16.4. The minimum atomic E-state index is -5.81. The van der Waals surface area contributed by atoms with E-state index in [9.17, 15) is 45.6 Å². The summed E-state index contributed by atoms with van der Waals surface area (Å²) < 4.78 is 71.2. The molecule has 0 bridgehead atoms. The zero-order chi connectivity index (χ0) is 42.5. The summed E-state index contributed by atoms with van der Waals surface area (Å²) in [6.45, 7) is 0.198. The molecule has 4 aromatic rings. The van der Waals surface area contributed by atoms with Gasteiger partial charge in [0.15, 0.2) is 21.3 Å². The van der Waals surface area contributed by atoms with E-state index in [0.717, 1.165) is 46.3 Å². The number of rotatable bonds is 16. The molecule has 1 saturated heterocycles. The van der Waals surface area contributed by atoms with Crippen LogP contribution in [0.2, 0.25) is 4.34 Å². The lowest BCUT2D eigenvalue weighted by atomic mass is 10.0. The molecular weight excluding hydrogens is 905 g/mol. The number of ether oxygens (including phenoxy) is 1. The molecule has 310 valence electrons. The Balaban J connectivity index is 1.29. The molecule has 16 nitrogen and oxygen atoms in total. The molecule has 25 heteroatoms. The van der Waals surface area contributed by atoms with E-state index < -0.39 is 69.2 Å². The van der Waals surface area contributed by atoms with Crippen molar-refractivity contribution in [3.8, 4) is 0 Å². The van der Waals surface area contributed by atoms with Crippen molar-refractivity contribution in [2.75, 3.05) is 17.7 Å². The van der Waals surface area contributed by atoms with Crippen LogP contribution in [0.25, 0.3) is 0 Å². The highest BCUT2D eigenvalue weighted by Gasteiger charge is 2.55. The predicted molar refractivity (Wildman–Crippen MR) is 211 cm³/mol. The van der Waals surface area contributed by atoms with Crippen LogP contribution < -0.4 is 10.6 Å². The predicted octanol–water partition coefficient (Wildman–Crippen LogP) is 5.23. The number of thiazole rings is 2. The second-order valence-electron chi connectivity index (χ2n) is 11.8. The molecule has 2 aliphatic rings. The molecule has 0 aliphatic carbocycles. The van der Waals surface area contributed by atoms with Crippen LogP contribution in [0.1, 0.15) is 35.5 Å². The highest BCUT2D eigenvalue weighted by Crippen LogP contribution is 2.46. The van der Waals surface area contributed by atoms with Gasteiger partial charge in [-0.05, 0) is 11.1 Å². The third-order valence-corrected chi connectivity index (χ3v) is 13.7. The van der Waals surface area contributed by atoms with Crippen molar-refractivity contribution in [1.29, 1.82) is 0 Å². The lowest BCUT2D eigenvalue weighted by molar-refractivity contribution is -0.154. The quantitative estimate of drug-likeness (QED) is 0.0215. The number of nitrogens with zero attached hydrogens (tertiary/aromatic N) is 4. The Morgan fingerprint density at radius 2 is 1.76 bits per heavy atom. The molecule has 59 heavy (non-hydrogen) atoms. The largest absolute Gasteiger partial charge is 0.523 e. The fourth-order valence-electron chi connectivity index (χ4n) is 5.36. The van der Waals surface area contributed by atoms with Crippen molar-refractivity contribution >= 4 is 109 Å². The van der Waals surface area contributed by atoms with Gasteiger partial charge in [0.25, 0.3) is 11.8 Å². The van der Waals surface area contributed by atoms with Gasteiger partial charge in [-0.15, -0.1) is 23.1 Å². The maximum atomic E-state index is 14.4. The topological polar surface area (TPSA) is 213 Å². The number of carbonyl (C=O) groups is 5. The number of thioether (sulfide) groups is 2. The summed E-state index contributed by atoms with van der Waals surface area (Å²) in [6.07, 6.45) is -0.888. The number of hydrogen-bond donors (Lipinski definition) is 2. The van der Waals surface area contributed by atoms with Gasteiger partial charge in [-0.25, -0.2) is 19.6 Å². The molecule has 0 radical (unpaired) electrons. The van der Waals surface area contributed by atoms with Crippen molar-refractivity contribution < 1.29 is 59.3 Å². The van der Waals surface area contributed by atoms with E-state index in [0.29, 0.717) is 26.8 Å².